The first kappa shape index (κ1) is 42.5. The summed E-state index contributed by atoms with van der Waals surface area (Å²) in [7, 11) is 3.43. The van der Waals surface area contributed by atoms with Gasteiger partial charge in [0, 0.05) is 80.4 Å². The number of hydrogen-bond donors (Lipinski definition) is 7. The topological polar surface area (TPSA) is 214 Å². The van der Waals surface area contributed by atoms with Gasteiger partial charge in [-0.3, -0.25) is 14.6 Å². The van der Waals surface area contributed by atoms with Gasteiger partial charge in [-0.05, 0) is 27.0 Å². The number of Topliss-reactive ketones (excluding diaryl/α,β-unsaturated/α-hetero) is 1. The van der Waals surface area contributed by atoms with Crippen molar-refractivity contribution in [1.82, 2.24) is 9.91 Å². The van der Waals surface area contributed by atoms with Gasteiger partial charge in [-0.2, -0.15) is 5.10 Å². The molecule has 9 atom stereocenters. The van der Waals surface area contributed by atoms with Crippen molar-refractivity contribution in [3.63, 3.8) is 0 Å². The van der Waals surface area contributed by atoms with Crippen molar-refractivity contribution in [1.29, 1.82) is 0 Å². The molecule has 5 bridgehead atoms. The Morgan fingerprint density at radius 3 is 2.16 bits per heavy atom. The van der Waals surface area contributed by atoms with Crippen molar-refractivity contribution in [3.05, 3.63) is 52.8 Å². The molecule has 4 aliphatic heterocycles. The van der Waals surface area contributed by atoms with E-state index < -0.39 is 82.8 Å². The fourth-order valence-corrected chi connectivity index (χ4v) is 7.53. The van der Waals surface area contributed by atoms with E-state index in [2.05, 4.69) is 15.3 Å². The molecule has 6 rings (SSSR count). The summed E-state index contributed by atoms with van der Waals surface area (Å²) in [5.41, 5.74) is -0.290. The van der Waals surface area contributed by atoms with Crippen LogP contribution in [0.1, 0.15) is 63.0 Å². The summed E-state index contributed by atoms with van der Waals surface area (Å²) < 4.78 is 17.7. The molecular formula is C41H56N4O11. The quantitative estimate of drug-likeness (QED) is 0.134. The van der Waals surface area contributed by atoms with E-state index >= 15 is 0 Å². The van der Waals surface area contributed by atoms with E-state index in [0.29, 0.717) is 13.1 Å². The number of allylic oxidation sites excluding steroid dienone is 2. The van der Waals surface area contributed by atoms with Crippen molar-refractivity contribution in [2.75, 3.05) is 45.7 Å². The minimum Gasteiger partial charge on any atom is -0.507 e. The maximum absolute atomic E-state index is 14.3. The number of carbonyl (C=O) groups excluding carboxylic acids is 2. The van der Waals surface area contributed by atoms with Gasteiger partial charge in [0.05, 0.1) is 59.1 Å². The molecule has 306 valence electrons. The van der Waals surface area contributed by atoms with Crippen LogP contribution in [0.25, 0.3) is 10.8 Å². The second-order valence-electron chi connectivity index (χ2n) is 15.5. The molecule has 4 aliphatic rings. The lowest BCUT2D eigenvalue weighted by atomic mass is 9.78. The van der Waals surface area contributed by atoms with Gasteiger partial charge < -0.3 is 55.1 Å². The normalized spacial score (nSPS) is 31.8. The number of phenolic OH excluding ortho intramolecular Hbond substituents is 3. The molecule has 0 aromatic heterocycles. The number of nitrogens with zero attached hydrogens (tertiary/aromatic N) is 3. The third-order valence-corrected chi connectivity index (χ3v) is 11.6. The zero-order valence-electron chi connectivity index (χ0n) is 33.5. The Hall–Kier alpha value is -4.67. The number of aliphatic hydroxyl groups is 3. The van der Waals surface area contributed by atoms with Crippen LogP contribution in [0.15, 0.2) is 41.2 Å². The molecule has 0 saturated carbocycles. The second kappa shape index (κ2) is 16.8. The Morgan fingerprint density at radius 2 is 1.52 bits per heavy atom. The Labute approximate surface area is 327 Å². The van der Waals surface area contributed by atoms with Crippen LogP contribution in [0.5, 0.6) is 23.0 Å². The molecule has 0 aliphatic carbocycles. The first-order chi connectivity index (χ1) is 26.3. The van der Waals surface area contributed by atoms with Crippen LogP contribution in [-0.2, 0) is 14.3 Å². The lowest BCUT2D eigenvalue weighted by Crippen LogP contribution is -2.44. The number of amides is 1. The Kier molecular flexibility index (Phi) is 12.8. The van der Waals surface area contributed by atoms with Crippen LogP contribution in [0.3, 0.4) is 0 Å². The molecule has 1 saturated heterocycles. The maximum Gasteiger partial charge on any atom is 0.312 e. The fraction of sp³-hybridized carbons (Fsp3) is 0.537. The van der Waals surface area contributed by atoms with Gasteiger partial charge in [-0.15, -0.1) is 0 Å². The van der Waals surface area contributed by atoms with Gasteiger partial charge in [-0.1, -0.05) is 45.9 Å². The Bertz CT molecular complexity index is 1950. The summed E-state index contributed by atoms with van der Waals surface area (Å²) in [5.74, 6) is -7.59. The highest BCUT2D eigenvalue weighted by Gasteiger charge is 2.50. The number of methoxy groups -OCH3 is 1. The van der Waals surface area contributed by atoms with Crippen LogP contribution in [0, 0.1) is 30.6 Å². The average molecular weight is 781 g/mol. The summed E-state index contributed by atoms with van der Waals surface area (Å²) in [6.45, 7) is 13.8. The van der Waals surface area contributed by atoms with Gasteiger partial charge >= 0.3 is 5.79 Å². The minimum atomic E-state index is -2.01. The molecule has 15 nitrogen and oxygen atoms in total. The summed E-state index contributed by atoms with van der Waals surface area (Å²) >= 11 is 0. The number of carbonyl (C=O) groups is 2. The number of ether oxygens (including phenoxy) is 3. The number of aromatic hydroxyl groups is 3. The number of likely N-dealkylation sites (N-methyl/N-ethyl adjacent to an activating group) is 1. The highest BCUT2D eigenvalue weighted by atomic mass is 16.7. The van der Waals surface area contributed by atoms with Crippen molar-refractivity contribution >= 4 is 34.4 Å². The predicted molar refractivity (Wildman–Crippen MR) is 211 cm³/mol. The maximum atomic E-state index is 14.3. The summed E-state index contributed by atoms with van der Waals surface area (Å²) in [4.78, 5) is 30.1. The van der Waals surface area contributed by atoms with Crippen molar-refractivity contribution in [2.45, 2.75) is 78.7 Å². The third-order valence-electron chi connectivity index (χ3n) is 11.6. The molecule has 0 radical (unpaired) electrons. The monoisotopic (exact) mass is 780 g/mol. The number of ketones is 1. The largest absolute Gasteiger partial charge is 0.507 e. The van der Waals surface area contributed by atoms with E-state index in [1.165, 1.54) is 52.5 Å². The summed E-state index contributed by atoms with van der Waals surface area (Å²) in [6.07, 6.45) is 4.79. The Morgan fingerprint density at radius 1 is 0.893 bits per heavy atom. The highest BCUT2D eigenvalue weighted by molar-refractivity contribution is 6.23. The number of piperazine rings is 1. The summed E-state index contributed by atoms with van der Waals surface area (Å²) in [6, 6.07) is 0. The predicted octanol–water partition coefficient (Wildman–Crippen LogP) is 3.76. The second-order valence-corrected chi connectivity index (χ2v) is 15.5. The lowest BCUT2D eigenvalue weighted by Gasteiger charge is -2.36. The minimum absolute atomic E-state index is 0.0688. The molecule has 0 unspecified atom stereocenters. The number of benzene rings is 2. The van der Waals surface area contributed by atoms with E-state index in [0.717, 1.165) is 13.1 Å². The van der Waals surface area contributed by atoms with Gasteiger partial charge in [0.25, 0.3) is 11.7 Å². The number of anilines is 1. The van der Waals surface area contributed by atoms with Crippen LogP contribution in [-0.4, -0.2) is 129 Å². The molecular weight excluding hydrogens is 724 g/mol. The van der Waals surface area contributed by atoms with Crippen LogP contribution in [0.2, 0.25) is 0 Å². The van der Waals surface area contributed by atoms with Gasteiger partial charge in [0.1, 0.15) is 17.2 Å². The standard InChI is InChI=1S/C41H56N4O11/c1-20-11-10-12-21(2)40(53)43-31-26(19-42-45-16-14-44(8)15-17-45)36(50)28-29(37(31)51)35(49)25(6)38-30(28)39(52)41(7,56-38)55-18-13-27(54-9)22(3)33(47)24(5)34(48)23(4)32(20)46/h10-13,18-20,22-24,27,32-34,46-51H,14-17H2,1-9H3,(H,43,53)/b11-10?,18-13+,21-12?,42-19+/t20-,22+,23+,24-,27-,32-,33+,34+,41-/m0/s1. The number of nitrogens with one attached hydrogen (secondary N) is 1. The van der Waals surface area contributed by atoms with E-state index in [1.807, 2.05) is 7.05 Å². The smallest absolute Gasteiger partial charge is 0.312 e. The fourth-order valence-electron chi connectivity index (χ4n) is 7.53. The van der Waals surface area contributed by atoms with Crippen molar-refractivity contribution in [2.24, 2.45) is 28.8 Å². The number of hydrazone groups is 1. The van der Waals surface area contributed by atoms with E-state index in [4.69, 9.17) is 14.2 Å². The number of phenols is 3. The first-order valence-electron chi connectivity index (χ1n) is 18.9. The molecule has 1 amide bonds. The molecule has 4 heterocycles. The summed E-state index contributed by atoms with van der Waals surface area (Å²) in [5, 5.41) is 77.6. The number of hydrogen-bond acceptors (Lipinski definition) is 14. The van der Waals surface area contributed by atoms with Crippen molar-refractivity contribution < 1.29 is 54.4 Å². The van der Waals surface area contributed by atoms with Crippen molar-refractivity contribution in [3.8, 4) is 23.0 Å². The lowest BCUT2D eigenvalue weighted by molar-refractivity contribution is -0.112. The molecule has 0 spiro atoms. The molecule has 15 heteroatoms. The van der Waals surface area contributed by atoms with Gasteiger partial charge in [0.2, 0.25) is 0 Å². The zero-order chi connectivity index (χ0) is 41.4. The van der Waals surface area contributed by atoms with Gasteiger partial charge in [-0.25, -0.2) is 0 Å². The third kappa shape index (κ3) is 7.96. The first-order valence-corrected chi connectivity index (χ1v) is 18.9. The number of fused-ring (bicyclic) bond motifs is 14. The zero-order valence-corrected chi connectivity index (χ0v) is 33.5. The number of aliphatic hydroxyl groups excluding tert-OH is 3. The van der Waals surface area contributed by atoms with E-state index in [1.54, 1.807) is 44.9 Å². The average Bonchev–Trinajstić information content (AvgIpc) is 3.44. The number of rotatable bonds is 3. The van der Waals surface area contributed by atoms with E-state index in [-0.39, 0.29) is 44.5 Å². The van der Waals surface area contributed by atoms with Gasteiger partial charge in [0.15, 0.2) is 5.75 Å². The molecule has 2 aromatic rings. The van der Waals surface area contributed by atoms with Crippen LogP contribution in [0.4, 0.5) is 5.69 Å². The highest BCUT2D eigenvalue weighted by Crippen LogP contribution is 2.55. The molecule has 7 N–H and O–H groups in total. The van der Waals surface area contributed by atoms with Crippen LogP contribution < -0.4 is 10.1 Å². The van der Waals surface area contributed by atoms with E-state index in [9.17, 15) is 40.2 Å². The SMILES string of the molecule is CO[C@H]1/C=C/O[C@@]2(C)Oc3c(C)c(O)c4c(O)c(c(/C=N/N5CCN(C)CC5)c(O)c4c3C2=O)NC(=O)C(C)=CC=C[C@H](C)[C@H](O)[C@@H](C)[C@@H](O)[C@@H](C)[C@H](O)[C@@H]1C. The Balaban J connectivity index is 1.70. The molecule has 1 fully saturated rings. The van der Waals surface area contributed by atoms with Crippen LogP contribution >= 0.6 is 0 Å². The molecule has 56 heavy (non-hydrogen) atoms. The molecule has 2 aromatic carbocycles.